The first kappa shape index (κ1) is 15.1. The molecule has 1 N–H and O–H groups in total. The predicted molar refractivity (Wildman–Crippen MR) is 83.3 cm³/mol. The fourth-order valence-corrected chi connectivity index (χ4v) is 3.25. The maximum Gasteiger partial charge on any atom is 0.0991 e. The lowest BCUT2D eigenvalue weighted by atomic mass is 9.79. The Bertz CT molecular complexity index is 447. The molecule has 20 heavy (non-hydrogen) atoms. The number of hydrogen-bond acceptors (Lipinski definition) is 2. The van der Waals surface area contributed by atoms with Gasteiger partial charge in [-0.15, -0.1) is 0 Å². The number of rotatable bonds is 4. The average Bonchev–Trinajstić information content (AvgIpc) is 2.48. The lowest BCUT2D eigenvalue weighted by Crippen LogP contribution is -2.35. The highest BCUT2D eigenvalue weighted by Crippen LogP contribution is 2.30. The molecular weight excluding hydrogens is 244 g/mol. The van der Waals surface area contributed by atoms with E-state index < -0.39 is 0 Å². The van der Waals surface area contributed by atoms with Crippen molar-refractivity contribution in [1.82, 2.24) is 5.32 Å². The minimum atomic E-state index is 0.364. The molecule has 1 aliphatic carbocycles. The maximum absolute atomic E-state index is 8.83. The van der Waals surface area contributed by atoms with Gasteiger partial charge >= 0.3 is 0 Å². The molecule has 1 unspecified atom stereocenters. The van der Waals surface area contributed by atoms with Gasteiger partial charge in [0.15, 0.2) is 0 Å². The van der Waals surface area contributed by atoms with Crippen molar-refractivity contribution in [3.63, 3.8) is 0 Å². The van der Waals surface area contributed by atoms with Crippen LogP contribution in [-0.2, 0) is 0 Å². The summed E-state index contributed by atoms with van der Waals surface area (Å²) in [6.07, 6.45) is 5.30. The van der Waals surface area contributed by atoms with Gasteiger partial charge < -0.3 is 5.32 Å². The summed E-state index contributed by atoms with van der Waals surface area (Å²) in [4.78, 5) is 0. The van der Waals surface area contributed by atoms with E-state index in [0.29, 0.717) is 12.1 Å². The minimum absolute atomic E-state index is 0.364. The van der Waals surface area contributed by atoms with Crippen LogP contribution in [0.2, 0.25) is 0 Å². The molecule has 0 aromatic heterocycles. The van der Waals surface area contributed by atoms with Crippen LogP contribution >= 0.6 is 0 Å². The van der Waals surface area contributed by atoms with E-state index in [1.807, 2.05) is 12.1 Å². The Hall–Kier alpha value is -1.33. The molecule has 0 bridgehead atoms. The number of benzene rings is 1. The van der Waals surface area contributed by atoms with Crippen molar-refractivity contribution in [3.05, 3.63) is 35.4 Å². The van der Waals surface area contributed by atoms with Gasteiger partial charge in [0.05, 0.1) is 11.6 Å². The second kappa shape index (κ2) is 6.90. The van der Waals surface area contributed by atoms with Crippen molar-refractivity contribution in [2.75, 3.05) is 0 Å². The van der Waals surface area contributed by atoms with Crippen molar-refractivity contribution in [3.8, 4) is 6.07 Å². The molecule has 1 saturated carbocycles. The molecule has 1 aliphatic rings. The molecule has 0 aliphatic heterocycles. The number of hydrogen-bond donors (Lipinski definition) is 1. The van der Waals surface area contributed by atoms with E-state index in [0.717, 1.165) is 17.4 Å². The van der Waals surface area contributed by atoms with Crippen molar-refractivity contribution in [2.24, 2.45) is 11.8 Å². The largest absolute Gasteiger partial charge is 0.307 e. The Morgan fingerprint density at radius 3 is 2.15 bits per heavy atom. The summed E-state index contributed by atoms with van der Waals surface area (Å²) in [6.45, 7) is 6.91. The molecule has 108 valence electrons. The highest BCUT2D eigenvalue weighted by molar-refractivity contribution is 5.32. The standard InChI is InChI=1S/C18H26N2/c1-13(2)16-8-10-18(11-9-16)20-14(3)17-6-4-15(12-19)5-7-17/h4-7,13-14,16,18,20H,8-11H2,1-3H3. The summed E-state index contributed by atoms with van der Waals surface area (Å²) in [6, 6.07) is 11.1. The van der Waals surface area contributed by atoms with Crippen molar-refractivity contribution in [1.29, 1.82) is 5.26 Å². The molecule has 1 aromatic carbocycles. The Morgan fingerprint density at radius 1 is 1.05 bits per heavy atom. The second-order valence-electron chi connectivity index (χ2n) is 6.48. The zero-order valence-corrected chi connectivity index (χ0v) is 12.9. The summed E-state index contributed by atoms with van der Waals surface area (Å²) in [5.74, 6) is 1.74. The summed E-state index contributed by atoms with van der Waals surface area (Å²) >= 11 is 0. The van der Waals surface area contributed by atoms with Crippen LogP contribution in [0.15, 0.2) is 24.3 Å². The molecule has 1 fully saturated rings. The fourth-order valence-electron chi connectivity index (χ4n) is 3.25. The highest BCUT2D eigenvalue weighted by Gasteiger charge is 2.24. The number of nitrogens with one attached hydrogen (secondary N) is 1. The molecule has 2 rings (SSSR count). The van der Waals surface area contributed by atoms with Crippen LogP contribution in [0.3, 0.4) is 0 Å². The van der Waals surface area contributed by atoms with E-state index in [4.69, 9.17) is 5.26 Å². The zero-order chi connectivity index (χ0) is 14.5. The molecule has 0 amide bonds. The van der Waals surface area contributed by atoms with Gasteiger partial charge in [0.1, 0.15) is 0 Å². The fraction of sp³-hybridized carbons (Fsp3) is 0.611. The van der Waals surface area contributed by atoms with Crippen LogP contribution in [0.25, 0.3) is 0 Å². The van der Waals surface area contributed by atoms with Crippen molar-refractivity contribution < 1.29 is 0 Å². The Kier molecular flexibility index (Phi) is 5.20. The van der Waals surface area contributed by atoms with E-state index in [9.17, 15) is 0 Å². The molecular formula is C18H26N2. The summed E-state index contributed by atoms with van der Waals surface area (Å²) in [5.41, 5.74) is 2.01. The minimum Gasteiger partial charge on any atom is -0.307 e. The van der Waals surface area contributed by atoms with Crippen LogP contribution in [0, 0.1) is 23.2 Å². The number of nitriles is 1. The third-order valence-corrected chi connectivity index (χ3v) is 4.74. The lowest BCUT2D eigenvalue weighted by molar-refractivity contribution is 0.231. The average molecular weight is 270 g/mol. The van der Waals surface area contributed by atoms with Crippen molar-refractivity contribution in [2.45, 2.75) is 58.5 Å². The van der Waals surface area contributed by atoms with Crippen LogP contribution in [-0.4, -0.2) is 6.04 Å². The van der Waals surface area contributed by atoms with E-state index >= 15 is 0 Å². The van der Waals surface area contributed by atoms with Gasteiger partial charge in [-0.1, -0.05) is 26.0 Å². The van der Waals surface area contributed by atoms with Gasteiger partial charge in [-0.05, 0) is 62.1 Å². The van der Waals surface area contributed by atoms with E-state index in [1.54, 1.807) is 0 Å². The Morgan fingerprint density at radius 2 is 1.65 bits per heavy atom. The zero-order valence-electron chi connectivity index (χ0n) is 12.9. The van der Waals surface area contributed by atoms with Crippen LogP contribution in [0.5, 0.6) is 0 Å². The number of nitrogens with zero attached hydrogens (tertiary/aromatic N) is 1. The Labute approximate surface area is 123 Å². The first-order chi connectivity index (χ1) is 9.60. The third-order valence-electron chi connectivity index (χ3n) is 4.74. The molecule has 2 heteroatoms. The molecule has 2 nitrogen and oxygen atoms in total. The smallest absolute Gasteiger partial charge is 0.0991 e. The predicted octanol–water partition coefficient (Wildman–Crippen LogP) is 4.42. The van der Waals surface area contributed by atoms with Crippen LogP contribution in [0.1, 0.15) is 63.6 Å². The quantitative estimate of drug-likeness (QED) is 0.879. The monoisotopic (exact) mass is 270 g/mol. The van der Waals surface area contributed by atoms with Gasteiger partial charge in [0, 0.05) is 12.1 Å². The van der Waals surface area contributed by atoms with E-state index in [-0.39, 0.29) is 0 Å². The van der Waals surface area contributed by atoms with Crippen LogP contribution < -0.4 is 5.32 Å². The van der Waals surface area contributed by atoms with Gasteiger partial charge in [-0.25, -0.2) is 0 Å². The molecule has 0 heterocycles. The molecule has 1 aromatic rings. The third kappa shape index (κ3) is 3.84. The second-order valence-corrected chi connectivity index (χ2v) is 6.48. The first-order valence-corrected chi connectivity index (χ1v) is 7.86. The van der Waals surface area contributed by atoms with Crippen molar-refractivity contribution >= 4 is 0 Å². The summed E-state index contributed by atoms with van der Waals surface area (Å²) in [5, 5.41) is 12.6. The summed E-state index contributed by atoms with van der Waals surface area (Å²) in [7, 11) is 0. The topological polar surface area (TPSA) is 35.8 Å². The van der Waals surface area contributed by atoms with Gasteiger partial charge in [-0.3, -0.25) is 0 Å². The van der Waals surface area contributed by atoms with E-state index in [1.165, 1.54) is 31.2 Å². The highest BCUT2D eigenvalue weighted by atomic mass is 14.9. The maximum atomic E-state index is 8.83. The van der Waals surface area contributed by atoms with Gasteiger partial charge in [0.2, 0.25) is 0 Å². The lowest BCUT2D eigenvalue weighted by Gasteiger charge is -2.33. The van der Waals surface area contributed by atoms with Crippen LogP contribution in [0.4, 0.5) is 0 Å². The molecule has 0 saturated heterocycles. The Balaban J connectivity index is 1.86. The first-order valence-electron chi connectivity index (χ1n) is 7.86. The van der Waals surface area contributed by atoms with E-state index in [2.05, 4.69) is 44.3 Å². The summed E-state index contributed by atoms with van der Waals surface area (Å²) < 4.78 is 0. The van der Waals surface area contributed by atoms with Gasteiger partial charge in [0.25, 0.3) is 0 Å². The normalized spacial score (nSPS) is 24.4. The molecule has 0 spiro atoms. The van der Waals surface area contributed by atoms with Gasteiger partial charge in [-0.2, -0.15) is 5.26 Å². The molecule has 0 radical (unpaired) electrons. The molecule has 1 atom stereocenters. The SMILES string of the molecule is CC(NC1CCC(C(C)C)CC1)c1ccc(C#N)cc1.